The zero-order valence-corrected chi connectivity index (χ0v) is 16.8. The SMILES string of the molecule is O=S(O)c1cc(S(=O)(=O)O)cc2ccc(O)c(N=Nc3cccc4ccccc34)c12. The Morgan fingerprint density at radius 2 is 1.60 bits per heavy atom. The van der Waals surface area contributed by atoms with Crippen molar-refractivity contribution in [2.45, 2.75) is 9.79 Å². The first-order chi connectivity index (χ1) is 14.3. The van der Waals surface area contributed by atoms with Gasteiger partial charge in [-0.15, -0.1) is 10.2 Å². The van der Waals surface area contributed by atoms with E-state index in [9.17, 15) is 26.8 Å². The van der Waals surface area contributed by atoms with E-state index in [0.29, 0.717) is 5.69 Å². The largest absolute Gasteiger partial charge is 0.506 e. The lowest BCUT2D eigenvalue weighted by Gasteiger charge is -2.10. The van der Waals surface area contributed by atoms with Gasteiger partial charge in [0.15, 0.2) is 11.1 Å². The van der Waals surface area contributed by atoms with Crippen LogP contribution in [0.15, 0.2) is 86.7 Å². The lowest BCUT2D eigenvalue weighted by molar-refractivity contribution is 0.477. The van der Waals surface area contributed by atoms with E-state index in [2.05, 4.69) is 10.2 Å². The highest BCUT2D eigenvalue weighted by atomic mass is 32.2. The van der Waals surface area contributed by atoms with Gasteiger partial charge in [-0.3, -0.25) is 4.55 Å². The van der Waals surface area contributed by atoms with Gasteiger partial charge >= 0.3 is 0 Å². The molecular formula is C20H14N2O6S2. The predicted molar refractivity (Wildman–Crippen MR) is 113 cm³/mol. The van der Waals surface area contributed by atoms with Crippen LogP contribution >= 0.6 is 0 Å². The summed E-state index contributed by atoms with van der Waals surface area (Å²) in [6.07, 6.45) is 0. The molecule has 0 saturated carbocycles. The zero-order valence-electron chi connectivity index (χ0n) is 15.1. The van der Waals surface area contributed by atoms with Crippen LogP contribution in [0.3, 0.4) is 0 Å². The topological polar surface area (TPSA) is 137 Å². The Hall–Kier alpha value is -3.18. The molecule has 0 spiro atoms. The minimum atomic E-state index is -4.61. The van der Waals surface area contributed by atoms with Crippen LogP contribution in [0.1, 0.15) is 0 Å². The van der Waals surface area contributed by atoms with Gasteiger partial charge in [-0.25, -0.2) is 4.21 Å². The summed E-state index contributed by atoms with van der Waals surface area (Å²) in [4.78, 5) is -0.877. The smallest absolute Gasteiger partial charge is 0.294 e. The standard InChI is InChI=1S/C20H14N2O6S2/c23-17-9-8-13-10-14(30(26,27)28)11-18(29(24)25)19(13)20(17)22-21-16-7-3-5-12-4-1-2-6-15(12)16/h1-11,23H,(H,24,25)(H,26,27,28). The molecule has 1 atom stereocenters. The van der Waals surface area contributed by atoms with Gasteiger partial charge in [0.1, 0.15) is 11.4 Å². The van der Waals surface area contributed by atoms with Crippen LogP contribution in [-0.4, -0.2) is 26.8 Å². The highest BCUT2D eigenvalue weighted by Gasteiger charge is 2.20. The maximum atomic E-state index is 11.9. The summed E-state index contributed by atoms with van der Waals surface area (Å²) < 4.78 is 54.0. The van der Waals surface area contributed by atoms with Crippen molar-refractivity contribution >= 4 is 54.1 Å². The zero-order chi connectivity index (χ0) is 21.5. The van der Waals surface area contributed by atoms with Crippen LogP contribution in [0.4, 0.5) is 11.4 Å². The van der Waals surface area contributed by atoms with E-state index >= 15 is 0 Å². The second kappa shape index (κ2) is 7.58. The van der Waals surface area contributed by atoms with Gasteiger partial charge in [0.25, 0.3) is 10.1 Å². The van der Waals surface area contributed by atoms with Crippen molar-refractivity contribution in [3.8, 4) is 5.75 Å². The Bertz CT molecular complexity index is 1460. The molecule has 10 heteroatoms. The number of hydrogen-bond donors (Lipinski definition) is 3. The Balaban J connectivity index is 1.97. The minimum absolute atomic E-state index is 0.0484. The molecule has 0 radical (unpaired) electrons. The Kier molecular flexibility index (Phi) is 5.08. The van der Waals surface area contributed by atoms with E-state index in [1.54, 1.807) is 12.1 Å². The van der Waals surface area contributed by atoms with Crippen molar-refractivity contribution in [3.05, 3.63) is 66.7 Å². The number of aromatic hydroxyl groups is 1. The molecule has 152 valence electrons. The lowest BCUT2D eigenvalue weighted by Crippen LogP contribution is -2.01. The number of benzene rings is 4. The summed E-state index contributed by atoms with van der Waals surface area (Å²) >= 11 is -2.63. The van der Waals surface area contributed by atoms with Gasteiger partial charge < -0.3 is 9.66 Å². The molecule has 0 saturated heterocycles. The number of phenolic OH excluding ortho intramolecular Hbond substituents is 1. The highest BCUT2D eigenvalue weighted by molar-refractivity contribution is 7.86. The normalized spacial score (nSPS) is 13.3. The van der Waals surface area contributed by atoms with Gasteiger partial charge in [0.2, 0.25) is 0 Å². The molecule has 0 fully saturated rings. The summed E-state index contributed by atoms with van der Waals surface area (Å²) in [6.45, 7) is 0. The van der Waals surface area contributed by atoms with Crippen molar-refractivity contribution in [3.63, 3.8) is 0 Å². The van der Waals surface area contributed by atoms with Crippen molar-refractivity contribution < 1.29 is 26.8 Å². The molecule has 0 aliphatic rings. The third kappa shape index (κ3) is 3.68. The van der Waals surface area contributed by atoms with Gasteiger partial charge in [-0.2, -0.15) is 8.42 Å². The van der Waals surface area contributed by atoms with Crippen LogP contribution in [0.25, 0.3) is 21.5 Å². The Morgan fingerprint density at radius 1 is 0.867 bits per heavy atom. The first-order valence-electron chi connectivity index (χ1n) is 8.53. The number of phenols is 1. The number of rotatable bonds is 4. The maximum Gasteiger partial charge on any atom is 0.294 e. The molecule has 3 N–H and O–H groups in total. The molecule has 4 aromatic carbocycles. The summed E-state index contributed by atoms with van der Waals surface area (Å²) in [5.74, 6) is -0.308. The molecule has 0 aromatic heterocycles. The quantitative estimate of drug-likeness (QED) is 0.233. The van der Waals surface area contributed by atoms with Crippen LogP contribution in [0.5, 0.6) is 5.75 Å². The van der Waals surface area contributed by atoms with Crippen LogP contribution in [0, 0.1) is 0 Å². The number of fused-ring (bicyclic) bond motifs is 2. The molecule has 0 amide bonds. The van der Waals surface area contributed by atoms with Crippen molar-refractivity contribution in [1.82, 2.24) is 0 Å². The molecule has 1 unspecified atom stereocenters. The van der Waals surface area contributed by atoms with Crippen LogP contribution < -0.4 is 0 Å². The fourth-order valence-electron chi connectivity index (χ4n) is 3.16. The van der Waals surface area contributed by atoms with E-state index in [1.165, 1.54) is 12.1 Å². The number of azo groups is 1. The van der Waals surface area contributed by atoms with E-state index in [0.717, 1.165) is 22.9 Å². The summed E-state index contributed by atoms with van der Waals surface area (Å²) in [7, 11) is -4.61. The molecule has 30 heavy (non-hydrogen) atoms. The monoisotopic (exact) mass is 442 g/mol. The van der Waals surface area contributed by atoms with Gasteiger partial charge in [-0.05, 0) is 35.0 Å². The first-order valence-corrected chi connectivity index (χ1v) is 11.1. The fourth-order valence-corrected chi connectivity index (χ4v) is 4.39. The van der Waals surface area contributed by atoms with Gasteiger partial charge in [-0.1, -0.05) is 42.5 Å². The molecular weight excluding hydrogens is 428 g/mol. The summed E-state index contributed by atoms with van der Waals surface area (Å²) in [5, 5.41) is 20.6. The first kappa shape index (κ1) is 20.1. The van der Waals surface area contributed by atoms with E-state index < -0.39 is 26.1 Å². The molecule has 0 aliphatic carbocycles. The minimum Gasteiger partial charge on any atom is -0.506 e. The van der Waals surface area contributed by atoms with Crippen LogP contribution in [0.2, 0.25) is 0 Å². The average Bonchev–Trinajstić information content (AvgIpc) is 2.71. The molecule has 0 heterocycles. The Morgan fingerprint density at radius 3 is 2.33 bits per heavy atom. The predicted octanol–water partition coefficient (Wildman–Crippen LogP) is 4.94. The van der Waals surface area contributed by atoms with E-state index in [1.807, 2.05) is 30.3 Å². The van der Waals surface area contributed by atoms with Crippen LogP contribution in [-0.2, 0) is 21.2 Å². The van der Waals surface area contributed by atoms with E-state index in [4.69, 9.17) is 0 Å². The summed E-state index contributed by atoms with van der Waals surface area (Å²) in [6, 6.07) is 17.5. The van der Waals surface area contributed by atoms with Crippen molar-refractivity contribution in [1.29, 1.82) is 0 Å². The lowest BCUT2D eigenvalue weighted by atomic mass is 10.1. The molecule has 0 aliphatic heterocycles. The molecule has 0 bridgehead atoms. The second-order valence-electron chi connectivity index (χ2n) is 6.38. The third-order valence-electron chi connectivity index (χ3n) is 4.52. The molecule has 4 rings (SSSR count). The fraction of sp³-hybridized carbons (Fsp3) is 0. The van der Waals surface area contributed by atoms with Crippen molar-refractivity contribution in [2.75, 3.05) is 0 Å². The van der Waals surface area contributed by atoms with Crippen molar-refractivity contribution in [2.24, 2.45) is 10.2 Å². The third-order valence-corrected chi connectivity index (χ3v) is 6.05. The van der Waals surface area contributed by atoms with Gasteiger partial charge in [0, 0.05) is 10.8 Å². The number of nitrogens with zero attached hydrogens (tertiary/aromatic N) is 2. The molecule has 4 aromatic rings. The maximum absolute atomic E-state index is 11.9. The highest BCUT2D eigenvalue weighted by Crippen LogP contribution is 2.40. The average molecular weight is 442 g/mol. The Labute approximate surface area is 173 Å². The second-order valence-corrected chi connectivity index (χ2v) is 8.73. The van der Waals surface area contributed by atoms with E-state index in [-0.39, 0.29) is 27.1 Å². The summed E-state index contributed by atoms with van der Waals surface area (Å²) in [5.41, 5.74) is 0.422. The van der Waals surface area contributed by atoms with Gasteiger partial charge in [0.05, 0.1) is 15.5 Å². The number of hydrogen-bond acceptors (Lipinski definition) is 6. The molecule has 8 nitrogen and oxygen atoms in total.